The lowest BCUT2D eigenvalue weighted by Crippen LogP contribution is -2.45. The number of rotatable bonds is 11. The van der Waals surface area contributed by atoms with Crippen LogP contribution in [0.4, 0.5) is 4.79 Å². The van der Waals surface area contributed by atoms with E-state index in [-0.39, 0.29) is 12.1 Å². The molecule has 1 aliphatic carbocycles. The van der Waals surface area contributed by atoms with Gasteiger partial charge in [-0.15, -0.1) is 0 Å². The van der Waals surface area contributed by atoms with Gasteiger partial charge in [0.25, 0.3) is 0 Å². The summed E-state index contributed by atoms with van der Waals surface area (Å²) in [7, 11) is 1.44. The van der Waals surface area contributed by atoms with Crippen LogP contribution >= 0.6 is 0 Å². The molecule has 0 unspecified atom stereocenters. The quantitative estimate of drug-likeness (QED) is 0.312. The number of unbranched alkanes of at least 4 members (excludes halogenated alkanes) is 6. The molecule has 0 spiro atoms. The fourth-order valence-electron chi connectivity index (χ4n) is 3.84. The van der Waals surface area contributed by atoms with E-state index in [1.165, 1.54) is 32.8 Å². The van der Waals surface area contributed by atoms with Gasteiger partial charge < -0.3 is 14.4 Å². The monoisotopic (exact) mass is 397 g/mol. The van der Waals surface area contributed by atoms with Crippen molar-refractivity contribution in [1.29, 1.82) is 0 Å². The Balaban J connectivity index is 2.29. The van der Waals surface area contributed by atoms with E-state index in [9.17, 15) is 9.59 Å². The molecule has 164 valence electrons. The van der Waals surface area contributed by atoms with Crippen LogP contribution in [0.2, 0.25) is 0 Å². The molecule has 0 atom stereocenters. The Morgan fingerprint density at radius 2 is 1.43 bits per heavy atom. The maximum Gasteiger partial charge on any atom is 0.410 e. The third-order valence-electron chi connectivity index (χ3n) is 5.56. The summed E-state index contributed by atoms with van der Waals surface area (Å²) in [5.41, 5.74) is -0.443. The molecule has 0 bridgehead atoms. The van der Waals surface area contributed by atoms with Crippen molar-refractivity contribution < 1.29 is 19.1 Å². The van der Waals surface area contributed by atoms with E-state index >= 15 is 0 Å². The summed E-state index contributed by atoms with van der Waals surface area (Å²) in [6, 6.07) is 0.337. The molecule has 0 heterocycles. The second-order valence-corrected chi connectivity index (χ2v) is 9.39. The van der Waals surface area contributed by atoms with Gasteiger partial charge in [-0.05, 0) is 65.2 Å². The summed E-state index contributed by atoms with van der Waals surface area (Å²) in [5.74, 6) is 0.662. The van der Waals surface area contributed by atoms with Crippen LogP contribution in [0.15, 0.2) is 0 Å². The number of nitrogens with zero attached hydrogens (tertiary/aromatic N) is 1. The summed E-state index contributed by atoms with van der Waals surface area (Å²) in [4.78, 5) is 25.8. The van der Waals surface area contributed by atoms with Crippen LogP contribution in [0.25, 0.3) is 0 Å². The Hall–Kier alpha value is -1.26. The molecule has 0 radical (unpaired) electrons. The largest absolute Gasteiger partial charge is 0.469 e. The minimum Gasteiger partial charge on any atom is -0.469 e. The zero-order valence-electron chi connectivity index (χ0n) is 18.9. The predicted molar refractivity (Wildman–Crippen MR) is 113 cm³/mol. The Morgan fingerprint density at radius 1 is 0.893 bits per heavy atom. The number of hydrogen-bond acceptors (Lipinski definition) is 4. The molecule has 0 aromatic rings. The van der Waals surface area contributed by atoms with E-state index in [0.717, 1.165) is 57.4 Å². The lowest BCUT2D eigenvalue weighted by Gasteiger charge is -2.37. The van der Waals surface area contributed by atoms with Crippen LogP contribution in [-0.4, -0.2) is 42.3 Å². The van der Waals surface area contributed by atoms with Crippen LogP contribution in [0.3, 0.4) is 0 Å². The second-order valence-electron chi connectivity index (χ2n) is 9.39. The molecule has 0 N–H and O–H groups in total. The van der Waals surface area contributed by atoms with Crippen molar-refractivity contribution in [2.45, 2.75) is 116 Å². The normalized spacial score (nSPS) is 19.9. The van der Waals surface area contributed by atoms with Gasteiger partial charge in [-0.3, -0.25) is 4.79 Å². The molecule has 0 saturated heterocycles. The molecule has 28 heavy (non-hydrogen) atoms. The van der Waals surface area contributed by atoms with Gasteiger partial charge in [0, 0.05) is 19.0 Å². The minimum absolute atomic E-state index is 0.112. The SMILES string of the molecule is COC(=O)CCCCCCCCCN(C(=O)OC(C)(C)C)[C@H]1CC[C@@H](C)CC1. The summed E-state index contributed by atoms with van der Waals surface area (Å²) >= 11 is 0. The van der Waals surface area contributed by atoms with Crippen molar-refractivity contribution in [1.82, 2.24) is 4.90 Å². The molecule has 5 heteroatoms. The molecule has 0 aliphatic heterocycles. The van der Waals surface area contributed by atoms with Crippen LogP contribution in [0, 0.1) is 5.92 Å². The Bertz CT molecular complexity index is 450. The highest BCUT2D eigenvalue weighted by atomic mass is 16.6. The van der Waals surface area contributed by atoms with E-state index in [2.05, 4.69) is 11.7 Å². The van der Waals surface area contributed by atoms with Gasteiger partial charge in [0.2, 0.25) is 0 Å². The number of ether oxygens (including phenoxy) is 2. The highest BCUT2D eigenvalue weighted by Gasteiger charge is 2.30. The van der Waals surface area contributed by atoms with Gasteiger partial charge in [-0.1, -0.05) is 39.0 Å². The Labute approximate surface area is 172 Å². The number of carbonyl (C=O) groups is 2. The third-order valence-corrected chi connectivity index (χ3v) is 5.56. The fourth-order valence-corrected chi connectivity index (χ4v) is 3.84. The second kappa shape index (κ2) is 13.1. The van der Waals surface area contributed by atoms with Gasteiger partial charge in [0.1, 0.15) is 5.60 Å². The molecule has 1 aliphatic rings. The molecular formula is C23H43NO4. The average molecular weight is 398 g/mol. The number of carbonyl (C=O) groups excluding carboxylic acids is 2. The molecule has 1 rings (SSSR count). The minimum atomic E-state index is -0.443. The van der Waals surface area contributed by atoms with Crippen molar-refractivity contribution in [3.05, 3.63) is 0 Å². The van der Waals surface area contributed by atoms with E-state index in [1.807, 2.05) is 25.7 Å². The first-order valence-corrected chi connectivity index (χ1v) is 11.3. The Morgan fingerprint density at radius 3 is 1.96 bits per heavy atom. The first-order valence-electron chi connectivity index (χ1n) is 11.3. The predicted octanol–water partition coefficient (Wildman–Crippen LogP) is 6.10. The van der Waals surface area contributed by atoms with Crippen molar-refractivity contribution >= 4 is 12.1 Å². The topological polar surface area (TPSA) is 55.8 Å². The first kappa shape index (κ1) is 24.8. The molecular weight excluding hydrogens is 354 g/mol. The molecule has 0 aromatic carbocycles. The number of amides is 1. The maximum absolute atomic E-state index is 12.7. The lowest BCUT2D eigenvalue weighted by molar-refractivity contribution is -0.140. The van der Waals surface area contributed by atoms with Gasteiger partial charge >= 0.3 is 12.1 Å². The van der Waals surface area contributed by atoms with Crippen molar-refractivity contribution in [2.75, 3.05) is 13.7 Å². The van der Waals surface area contributed by atoms with Crippen LogP contribution < -0.4 is 0 Å². The standard InChI is InChI=1S/C23H43NO4/c1-19-14-16-20(17-15-19)24(22(26)28-23(2,3)4)18-12-10-8-6-7-9-11-13-21(25)27-5/h19-20H,6-18H2,1-5H3/t19-,20+. The molecule has 1 fully saturated rings. The summed E-state index contributed by atoms with van der Waals surface area (Å²) in [6.45, 7) is 8.92. The zero-order valence-corrected chi connectivity index (χ0v) is 18.9. The highest BCUT2D eigenvalue weighted by Crippen LogP contribution is 2.28. The number of hydrogen-bond donors (Lipinski definition) is 0. The zero-order chi connectivity index (χ0) is 21.0. The summed E-state index contributed by atoms with van der Waals surface area (Å²) < 4.78 is 10.3. The summed E-state index contributed by atoms with van der Waals surface area (Å²) in [6.07, 6.45) is 12.7. The average Bonchev–Trinajstić information content (AvgIpc) is 2.62. The molecule has 1 amide bonds. The van der Waals surface area contributed by atoms with Crippen molar-refractivity contribution in [3.8, 4) is 0 Å². The lowest BCUT2D eigenvalue weighted by atomic mass is 9.86. The molecule has 1 saturated carbocycles. The number of esters is 1. The van der Waals surface area contributed by atoms with Gasteiger partial charge in [-0.25, -0.2) is 4.79 Å². The van der Waals surface area contributed by atoms with Crippen molar-refractivity contribution in [3.63, 3.8) is 0 Å². The van der Waals surface area contributed by atoms with E-state index in [1.54, 1.807) is 0 Å². The van der Waals surface area contributed by atoms with E-state index < -0.39 is 5.60 Å². The van der Waals surface area contributed by atoms with E-state index in [4.69, 9.17) is 4.74 Å². The summed E-state index contributed by atoms with van der Waals surface area (Å²) in [5, 5.41) is 0. The fraction of sp³-hybridized carbons (Fsp3) is 0.913. The van der Waals surface area contributed by atoms with Gasteiger partial charge in [0.05, 0.1) is 7.11 Å². The van der Waals surface area contributed by atoms with Crippen molar-refractivity contribution in [2.24, 2.45) is 5.92 Å². The maximum atomic E-state index is 12.7. The molecule has 0 aromatic heterocycles. The molecule has 5 nitrogen and oxygen atoms in total. The Kier molecular flexibility index (Phi) is 11.6. The highest BCUT2D eigenvalue weighted by molar-refractivity contribution is 5.69. The van der Waals surface area contributed by atoms with Crippen LogP contribution in [0.1, 0.15) is 105 Å². The third kappa shape index (κ3) is 10.9. The van der Waals surface area contributed by atoms with E-state index in [0.29, 0.717) is 12.5 Å². The van der Waals surface area contributed by atoms with Crippen LogP contribution in [0.5, 0.6) is 0 Å². The smallest absolute Gasteiger partial charge is 0.410 e. The van der Waals surface area contributed by atoms with Gasteiger partial charge in [-0.2, -0.15) is 0 Å². The van der Waals surface area contributed by atoms with Gasteiger partial charge in [0.15, 0.2) is 0 Å². The van der Waals surface area contributed by atoms with Crippen LogP contribution in [-0.2, 0) is 14.3 Å². The first-order chi connectivity index (χ1) is 13.2. The number of methoxy groups -OCH3 is 1.